The second-order valence-corrected chi connectivity index (χ2v) is 17.1. The first-order chi connectivity index (χ1) is 17.8. The van der Waals surface area contributed by atoms with Gasteiger partial charge >= 0.3 is 0 Å². The smallest absolute Gasteiger partial charge is 0.259 e. The van der Waals surface area contributed by atoms with Crippen molar-refractivity contribution in [1.82, 2.24) is 19.8 Å². The van der Waals surface area contributed by atoms with E-state index in [1.807, 2.05) is 38.1 Å². The number of benzene rings is 2. The lowest BCUT2D eigenvalue weighted by molar-refractivity contribution is 0.148. The molecular weight excluding hydrogens is 492 g/mol. The molecule has 0 unspecified atom stereocenters. The fourth-order valence-corrected chi connectivity index (χ4v) is 5.68. The summed E-state index contributed by atoms with van der Waals surface area (Å²) in [6.07, 6.45) is 0. The number of H-pyrrole nitrogens is 1. The maximum atomic E-state index is 13.1. The third-order valence-corrected chi connectivity index (χ3v) is 12.6. The number of nitrogens with zero attached hydrogens (tertiary/aromatic N) is 3. The summed E-state index contributed by atoms with van der Waals surface area (Å²) in [6, 6.07) is 10.1. The van der Waals surface area contributed by atoms with Gasteiger partial charge < -0.3 is 19.0 Å². The topological polar surface area (TPSA) is 70.7 Å². The SMILES string of the molecule is Cc1cc(-c2nc3ccc(CN4CCN(C)CC4)cc3c(=O)[nH]2)cc(C)c1OCCO[Si](C)(C)C(C)(C)C. The van der Waals surface area contributed by atoms with Gasteiger partial charge in [0, 0.05) is 38.3 Å². The molecule has 8 heteroatoms. The number of fused-ring (bicyclic) bond motifs is 1. The van der Waals surface area contributed by atoms with Gasteiger partial charge in [0.2, 0.25) is 0 Å². The van der Waals surface area contributed by atoms with E-state index in [1.165, 1.54) is 0 Å². The number of nitrogens with one attached hydrogen (secondary N) is 1. The standard InChI is InChI=1S/C30H44N4O3Si/c1-21-17-24(18-22(2)27(21)36-15-16-37-38(7,8)30(3,4)5)28-31-26-10-9-23(19-25(26)29(35)32-28)20-34-13-11-33(6)12-14-34/h9-10,17-19H,11-16,20H2,1-8H3,(H,31,32,35). The molecule has 0 radical (unpaired) electrons. The number of aromatic nitrogens is 2. The lowest BCUT2D eigenvalue weighted by Gasteiger charge is -2.36. The van der Waals surface area contributed by atoms with Crippen molar-refractivity contribution in [3.63, 3.8) is 0 Å². The van der Waals surface area contributed by atoms with Gasteiger partial charge in [-0.05, 0) is 80.0 Å². The molecule has 1 aliphatic rings. The Balaban J connectivity index is 1.47. The zero-order valence-corrected chi connectivity index (χ0v) is 25.4. The molecule has 0 aliphatic carbocycles. The van der Waals surface area contributed by atoms with Crippen LogP contribution in [0.4, 0.5) is 0 Å². The van der Waals surface area contributed by atoms with Crippen molar-refractivity contribution < 1.29 is 9.16 Å². The minimum absolute atomic E-state index is 0.108. The van der Waals surface area contributed by atoms with Crippen molar-refractivity contribution in [1.29, 1.82) is 0 Å². The molecule has 1 fully saturated rings. The highest BCUT2D eigenvalue weighted by molar-refractivity contribution is 6.74. The van der Waals surface area contributed by atoms with E-state index < -0.39 is 8.32 Å². The number of likely N-dealkylation sites (N-methyl/N-ethyl adjacent to an activating group) is 1. The summed E-state index contributed by atoms with van der Waals surface area (Å²) < 4.78 is 12.4. The van der Waals surface area contributed by atoms with Gasteiger partial charge in [0.25, 0.3) is 5.56 Å². The molecule has 206 valence electrons. The minimum Gasteiger partial charge on any atom is -0.491 e. The van der Waals surface area contributed by atoms with Crippen LogP contribution in [0.3, 0.4) is 0 Å². The van der Waals surface area contributed by atoms with Crippen LogP contribution in [-0.4, -0.2) is 74.5 Å². The molecule has 0 amide bonds. The van der Waals surface area contributed by atoms with Crippen LogP contribution < -0.4 is 10.3 Å². The molecule has 0 atom stereocenters. The van der Waals surface area contributed by atoms with Gasteiger partial charge in [-0.2, -0.15) is 0 Å². The molecule has 38 heavy (non-hydrogen) atoms. The van der Waals surface area contributed by atoms with Gasteiger partial charge in [-0.25, -0.2) is 4.98 Å². The Hall–Kier alpha value is -2.52. The quantitative estimate of drug-likeness (QED) is 0.309. The number of rotatable bonds is 8. The van der Waals surface area contributed by atoms with E-state index in [0.29, 0.717) is 29.9 Å². The van der Waals surface area contributed by atoms with Gasteiger partial charge in [0.15, 0.2) is 8.32 Å². The Morgan fingerprint density at radius 2 is 1.66 bits per heavy atom. The molecule has 1 saturated heterocycles. The number of hydrogen-bond acceptors (Lipinski definition) is 6. The summed E-state index contributed by atoms with van der Waals surface area (Å²) in [4.78, 5) is 25.7. The Kier molecular flexibility index (Phi) is 8.47. The van der Waals surface area contributed by atoms with Crippen LogP contribution in [0.5, 0.6) is 5.75 Å². The Morgan fingerprint density at radius 1 is 1.00 bits per heavy atom. The van der Waals surface area contributed by atoms with E-state index in [4.69, 9.17) is 14.1 Å². The summed E-state index contributed by atoms with van der Waals surface area (Å²) in [5.41, 5.74) is 4.65. The summed E-state index contributed by atoms with van der Waals surface area (Å²) in [5.74, 6) is 1.44. The van der Waals surface area contributed by atoms with Crippen molar-refractivity contribution in [2.45, 2.75) is 59.3 Å². The predicted molar refractivity (Wildman–Crippen MR) is 159 cm³/mol. The molecule has 1 aromatic heterocycles. The van der Waals surface area contributed by atoms with Crippen LogP contribution in [0, 0.1) is 13.8 Å². The number of piperazine rings is 1. The fraction of sp³-hybridized carbons (Fsp3) is 0.533. The number of hydrogen-bond donors (Lipinski definition) is 1. The average Bonchev–Trinajstić information content (AvgIpc) is 2.84. The maximum absolute atomic E-state index is 13.1. The first-order valence-electron chi connectivity index (χ1n) is 13.7. The second kappa shape index (κ2) is 11.3. The second-order valence-electron chi connectivity index (χ2n) is 12.2. The summed E-state index contributed by atoms with van der Waals surface area (Å²) in [6.45, 7) is 21.5. The van der Waals surface area contributed by atoms with Crippen LogP contribution in [-0.2, 0) is 11.0 Å². The van der Waals surface area contributed by atoms with Gasteiger partial charge in [0.05, 0.1) is 17.5 Å². The highest BCUT2D eigenvalue weighted by Gasteiger charge is 2.36. The summed E-state index contributed by atoms with van der Waals surface area (Å²) in [7, 11) is 0.363. The van der Waals surface area contributed by atoms with E-state index >= 15 is 0 Å². The first-order valence-corrected chi connectivity index (χ1v) is 16.6. The monoisotopic (exact) mass is 536 g/mol. The predicted octanol–water partition coefficient (Wildman–Crippen LogP) is 5.35. The highest BCUT2D eigenvalue weighted by atomic mass is 28.4. The van der Waals surface area contributed by atoms with Gasteiger partial charge in [0.1, 0.15) is 18.2 Å². The van der Waals surface area contributed by atoms with E-state index in [9.17, 15) is 4.79 Å². The van der Waals surface area contributed by atoms with Crippen LogP contribution in [0.2, 0.25) is 18.1 Å². The van der Waals surface area contributed by atoms with E-state index in [0.717, 1.165) is 60.7 Å². The van der Waals surface area contributed by atoms with Crippen molar-refractivity contribution in [2.75, 3.05) is 46.4 Å². The molecule has 2 aromatic carbocycles. The first kappa shape index (κ1) is 28.5. The Bertz CT molecular complexity index is 1310. The van der Waals surface area contributed by atoms with Gasteiger partial charge in [-0.1, -0.05) is 26.8 Å². The molecule has 1 N–H and O–H groups in total. The summed E-state index contributed by atoms with van der Waals surface area (Å²) in [5, 5.41) is 0.812. The maximum Gasteiger partial charge on any atom is 0.259 e. The van der Waals surface area contributed by atoms with Gasteiger partial charge in [-0.15, -0.1) is 0 Å². The molecule has 0 saturated carbocycles. The van der Waals surface area contributed by atoms with Crippen LogP contribution in [0.25, 0.3) is 22.3 Å². The zero-order chi connectivity index (χ0) is 27.7. The highest BCUT2D eigenvalue weighted by Crippen LogP contribution is 2.36. The van der Waals surface area contributed by atoms with Crippen molar-refractivity contribution in [2.24, 2.45) is 0 Å². The lowest BCUT2D eigenvalue weighted by Crippen LogP contribution is -2.43. The molecule has 7 nitrogen and oxygen atoms in total. The molecular formula is C30H44N4O3Si. The number of ether oxygens (including phenoxy) is 1. The molecule has 2 heterocycles. The van der Waals surface area contributed by atoms with Crippen molar-refractivity contribution >= 4 is 19.2 Å². The van der Waals surface area contributed by atoms with Crippen molar-refractivity contribution in [3.8, 4) is 17.1 Å². The van der Waals surface area contributed by atoms with E-state index in [-0.39, 0.29) is 10.6 Å². The van der Waals surface area contributed by atoms with Gasteiger partial charge in [-0.3, -0.25) is 9.69 Å². The third kappa shape index (κ3) is 6.54. The molecule has 3 aromatic rings. The Labute approximate surface area is 228 Å². The largest absolute Gasteiger partial charge is 0.491 e. The molecule has 1 aliphatic heterocycles. The number of aromatic amines is 1. The lowest BCUT2D eigenvalue weighted by atomic mass is 10.0. The molecule has 4 rings (SSSR count). The zero-order valence-electron chi connectivity index (χ0n) is 24.4. The Morgan fingerprint density at radius 3 is 2.29 bits per heavy atom. The third-order valence-electron chi connectivity index (χ3n) is 8.10. The van der Waals surface area contributed by atoms with E-state index in [1.54, 1.807) is 0 Å². The molecule has 0 spiro atoms. The van der Waals surface area contributed by atoms with E-state index in [2.05, 4.69) is 61.8 Å². The van der Waals surface area contributed by atoms with Crippen LogP contribution in [0.1, 0.15) is 37.5 Å². The van der Waals surface area contributed by atoms with Crippen LogP contribution in [0.15, 0.2) is 35.1 Å². The average molecular weight is 537 g/mol. The minimum atomic E-state index is -1.80. The fourth-order valence-electron chi connectivity index (χ4n) is 4.66. The number of aryl methyl sites for hydroxylation is 2. The van der Waals surface area contributed by atoms with Crippen LogP contribution >= 0.6 is 0 Å². The summed E-state index contributed by atoms with van der Waals surface area (Å²) >= 11 is 0. The molecule has 0 bridgehead atoms. The normalized spacial score (nSPS) is 15.8. The van der Waals surface area contributed by atoms with Crippen molar-refractivity contribution in [3.05, 3.63) is 57.4 Å².